The maximum absolute atomic E-state index is 11.9. The summed E-state index contributed by atoms with van der Waals surface area (Å²) in [5.41, 5.74) is 2.22. The van der Waals surface area contributed by atoms with E-state index in [4.69, 9.17) is 23.2 Å². The minimum Gasteiger partial charge on any atom is -0.324 e. The van der Waals surface area contributed by atoms with Crippen molar-refractivity contribution in [2.24, 2.45) is 0 Å². The van der Waals surface area contributed by atoms with Gasteiger partial charge in [0.05, 0.1) is 17.8 Å². The average molecular weight is 295 g/mol. The van der Waals surface area contributed by atoms with E-state index in [1.807, 2.05) is 12.1 Å². The summed E-state index contributed by atoms with van der Waals surface area (Å²) in [6, 6.07) is 10.6. The molecule has 0 radical (unpaired) electrons. The molecule has 0 spiro atoms. The lowest BCUT2D eigenvalue weighted by atomic mass is 10.1. The fourth-order valence-electron chi connectivity index (χ4n) is 1.69. The first kappa shape index (κ1) is 13.8. The Morgan fingerprint density at radius 3 is 2.74 bits per heavy atom. The summed E-state index contributed by atoms with van der Waals surface area (Å²) in [7, 11) is 0. The van der Waals surface area contributed by atoms with E-state index in [1.165, 1.54) is 0 Å². The molecule has 0 bridgehead atoms. The number of halogens is 2. The van der Waals surface area contributed by atoms with Gasteiger partial charge in [-0.3, -0.25) is 4.79 Å². The number of benzene rings is 1. The van der Waals surface area contributed by atoms with Gasteiger partial charge in [-0.25, -0.2) is 4.98 Å². The van der Waals surface area contributed by atoms with Gasteiger partial charge in [-0.15, -0.1) is 0 Å². The molecule has 0 fully saturated rings. The second-order valence-electron chi connectivity index (χ2n) is 4.12. The van der Waals surface area contributed by atoms with Crippen molar-refractivity contribution in [3.8, 4) is 0 Å². The van der Waals surface area contributed by atoms with Gasteiger partial charge < -0.3 is 5.32 Å². The van der Waals surface area contributed by atoms with Crippen molar-refractivity contribution in [2.75, 3.05) is 5.32 Å². The molecular weight excluding hydrogens is 283 g/mol. The first-order valence-corrected chi connectivity index (χ1v) is 6.47. The summed E-state index contributed by atoms with van der Waals surface area (Å²) >= 11 is 11.6. The van der Waals surface area contributed by atoms with Crippen LogP contribution in [0.2, 0.25) is 10.2 Å². The topological polar surface area (TPSA) is 42.0 Å². The lowest BCUT2D eigenvalue weighted by molar-refractivity contribution is -0.115. The van der Waals surface area contributed by atoms with Crippen LogP contribution in [0.1, 0.15) is 11.3 Å². The number of pyridine rings is 1. The van der Waals surface area contributed by atoms with Crippen molar-refractivity contribution < 1.29 is 4.79 Å². The molecule has 0 unspecified atom stereocenters. The highest BCUT2D eigenvalue weighted by atomic mass is 35.5. The lowest BCUT2D eigenvalue weighted by Crippen LogP contribution is -2.15. The zero-order valence-corrected chi connectivity index (χ0v) is 11.8. The van der Waals surface area contributed by atoms with E-state index in [0.717, 1.165) is 5.56 Å². The molecule has 2 rings (SSSR count). The van der Waals surface area contributed by atoms with Gasteiger partial charge in [0.2, 0.25) is 5.91 Å². The molecule has 1 amide bonds. The maximum Gasteiger partial charge on any atom is 0.228 e. The second kappa shape index (κ2) is 6.04. The molecule has 0 atom stereocenters. The molecule has 0 aliphatic rings. The van der Waals surface area contributed by atoms with Crippen LogP contribution in [0, 0.1) is 6.92 Å². The number of anilines is 1. The second-order valence-corrected chi connectivity index (χ2v) is 4.95. The minimum atomic E-state index is -0.116. The Morgan fingerprint density at radius 2 is 2.05 bits per heavy atom. The molecule has 1 N–H and O–H groups in total. The number of amides is 1. The third-order valence-corrected chi connectivity index (χ3v) is 3.03. The lowest BCUT2D eigenvalue weighted by Gasteiger charge is -2.08. The maximum atomic E-state index is 11.9. The van der Waals surface area contributed by atoms with Gasteiger partial charge >= 0.3 is 0 Å². The fourth-order valence-corrected chi connectivity index (χ4v) is 2.09. The van der Waals surface area contributed by atoms with Crippen LogP contribution in [-0.2, 0) is 11.2 Å². The van der Waals surface area contributed by atoms with Gasteiger partial charge in [-0.1, -0.05) is 35.3 Å². The number of hydrogen-bond acceptors (Lipinski definition) is 2. The molecule has 3 nitrogen and oxygen atoms in total. The van der Waals surface area contributed by atoms with Crippen LogP contribution in [0.3, 0.4) is 0 Å². The number of aryl methyl sites for hydroxylation is 1. The number of hydrogen-bond donors (Lipinski definition) is 1. The summed E-state index contributed by atoms with van der Waals surface area (Å²) in [4.78, 5) is 16.0. The molecule has 1 aromatic carbocycles. The Labute approximate surface area is 121 Å². The summed E-state index contributed by atoms with van der Waals surface area (Å²) in [6.07, 6.45) is 0.266. The number of aromatic nitrogens is 1. The van der Waals surface area contributed by atoms with E-state index < -0.39 is 0 Å². The predicted molar refractivity (Wildman–Crippen MR) is 77.8 cm³/mol. The van der Waals surface area contributed by atoms with E-state index in [2.05, 4.69) is 10.3 Å². The molecule has 0 aliphatic heterocycles. The van der Waals surface area contributed by atoms with E-state index in [1.54, 1.807) is 31.2 Å². The summed E-state index contributed by atoms with van der Waals surface area (Å²) in [6.45, 7) is 1.79. The van der Waals surface area contributed by atoms with Crippen molar-refractivity contribution in [2.45, 2.75) is 13.3 Å². The van der Waals surface area contributed by atoms with E-state index in [9.17, 15) is 4.79 Å². The molecule has 19 heavy (non-hydrogen) atoms. The van der Waals surface area contributed by atoms with Crippen LogP contribution in [0.25, 0.3) is 0 Å². The van der Waals surface area contributed by atoms with Crippen LogP contribution >= 0.6 is 23.2 Å². The van der Waals surface area contributed by atoms with Crippen molar-refractivity contribution in [3.63, 3.8) is 0 Å². The Morgan fingerprint density at radius 1 is 1.26 bits per heavy atom. The Kier molecular flexibility index (Phi) is 4.40. The van der Waals surface area contributed by atoms with Gasteiger partial charge in [0.25, 0.3) is 0 Å². The van der Waals surface area contributed by atoms with Gasteiger partial charge in [-0.2, -0.15) is 0 Å². The van der Waals surface area contributed by atoms with Crippen molar-refractivity contribution in [1.29, 1.82) is 0 Å². The fraction of sp³-hybridized carbons (Fsp3) is 0.143. The highest BCUT2D eigenvalue weighted by molar-refractivity contribution is 6.30. The van der Waals surface area contributed by atoms with Crippen LogP contribution in [0.5, 0.6) is 0 Å². The third kappa shape index (κ3) is 3.94. The van der Waals surface area contributed by atoms with E-state index in [0.29, 0.717) is 21.6 Å². The van der Waals surface area contributed by atoms with E-state index in [-0.39, 0.29) is 12.3 Å². The molecule has 0 saturated heterocycles. The third-order valence-electron chi connectivity index (χ3n) is 2.58. The molecule has 1 aromatic heterocycles. The molecule has 1 heterocycles. The van der Waals surface area contributed by atoms with Crippen molar-refractivity contribution >= 4 is 34.8 Å². The molecule has 2 aromatic rings. The van der Waals surface area contributed by atoms with Crippen LogP contribution < -0.4 is 5.32 Å². The monoisotopic (exact) mass is 294 g/mol. The number of rotatable bonds is 3. The van der Waals surface area contributed by atoms with Gasteiger partial charge in [0, 0.05) is 5.02 Å². The Hall–Kier alpha value is -1.58. The highest BCUT2D eigenvalue weighted by Crippen LogP contribution is 2.16. The molecule has 98 valence electrons. The quantitative estimate of drug-likeness (QED) is 0.873. The molecule has 0 aliphatic carbocycles. The molecule has 5 heteroatoms. The van der Waals surface area contributed by atoms with Gasteiger partial charge in [-0.05, 0) is 36.8 Å². The first-order chi connectivity index (χ1) is 9.04. The standard InChI is InChI=1S/C14H12Cl2N2O/c1-9-12(5-6-13(16)17-9)18-14(19)8-10-3-2-4-11(15)7-10/h2-7H,8H2,1H3,(H,18,19). The summed E-state index contributed by atoms with van der Waals surface area (Å²) in [5, 5.41) is 3.83. The zero-order chi connectivity index (χ0) is 13.8. The smallest absolute Gasteiger partial charge is 0.228 e. The molecular formula is C14H12Cl2N2O. The van der Waals surface area contributed by atoms with Crippen LogP contribution in [-0.4, -0.2) is 10.9 Å². The first-order valence-electron chi connectivity index (χ1n) is 5.72. The minimum absolute atomic E-state index is 0.116. The zero-order valence-electron chi connectivity index (χ0n) is 10.3. The largest absolute Gasteiger partial charge is 0.324 e. The predicted octanol–water partition coefficient (Wildman–Crippen LogP) is 3.88. The van der Waals surface area contributed by atoms with E-state index >= 15 is 0 Å². The number of carbonyl (C=O) groups excluding carboxylic acids is 1. The number of nitrogens with one attached hydrogen (secondary N) is 1. The molecule has 0 saturated carbocycles. The Balaban J connectivity index is 2.05. The van der Waals surface area contributed by atoms with Crippen molar-refractivity contribution in [1.82, 2.24) is 4.98 Å². The Bertz CT molecular complexity index is 614. The van der Waals surface area contributed by atoms with Gasteiger partial charge in [0.1, 0.15) is 5.15 Å². The number of nitrogens with zero attached hydrogens (tertiary/aromatic N) is 1. The van der Waals surface area contributed by atoms with Crippen molar-refractivity contribution in [3.05, 3.63) is 57.8 Å². The number of carbonyl (C=O) groups is 1. The average Bonchev–Trinajstić information content (AvgIpc) is 2.33. The SMILES string of the molecule is Cc1nc(Cl)ccc1NC(=O)Cc1cccc(Cl)c1. The normalized spacial score (nSPS) is 10.3. The van der Waals surface area contributed by atoms with Crippen LogP contribution in [0.15, 0.2) is 36.4 Å². The summed E-state index contributed by atoms with van der Waals surface area (Å²) < 4.78 is 0. The van der Waals surface area contributed by atoms with Gasteiger partial charge in [0.15, 0.2) is 0 Å². The summed E-state index contributed by atoms with van der Waals surface area (Å²) in [5.74, 6) is -0.116. The van der Waals surface area contributed by atoms with Crippen LogP contribution in [0.4, 0.5) is 5.69 Å². The highest BCUT2D eigenvalue weighted by Gasteiger charge is 2.07.